The van der Waals surface area contributed by atoms with E-state index in [4.69, 9.17) is 16.0 Å². The van der Waals surface area contributed by atoms with Crippen LogP contribution >= 0.6 is 11.6 Å². The molecule has 0 saturated carbocycles. The van der Waals surface area contributed by atoms with Gasteiger partial charge in [-0.25, -0.2) is 0 Å². The van der Waals surface area contributed by atoms with Crippen molar-refractivity contribution in [2.75, 3.05) is 23.9 Å². The van der Waals surface area contributed by atoms with Crippen LogP contribution in [0.4, 0.5) is 6.01 Å². The van der Waals surface area contributed by atoms with Gasteiger partial charge >= 0.3 is 0 Å². The molecule has 90 valence electrons. The molecule has 1 aliphatic heterocycles. The molecule has 1 aliphatic rings. The Hall–Kier alpha value is -1.22. The molecule has 0 unspecified atom stereocenters. The number of aromatic nitrogens is 1. The third kappa shape index (κ3) is 2.12. The van der Waals surface area contributed by atoms with Crippen LogP contribution in [0.15, 0.2) is 28.7 Å². The predicted molar refractivity (Wildman–Crippen MR) is 69.7 cm³/mol. The summed E-state index contributed by atoms with van der Waals surface area (Å²) in [6.45, 7) is 1.98. The number of piperidine rings is 1. The van der Waals surface area contributed by atoms with Gasteiger partial charge in [0.1, 0.15) is 5.52 Å². The van der Waals surface area contributed by atoms with E-state index in [1.807, 2.05) is 24.3 Å². The Morgan fingerprint density at radius 3 is 2.76 bits per heavy atom. The molecule has 0 bridgehead atoms. The van der Waals surface area contributed by atoms with Gasteiger partial charge in [0.25, 0.3) is 6.01 Å². The molecular weight excluding hydrogens is 236 g/mol. The third-order valence-corrected chi connectivity index (χ3v) is 3.82. The van der Waals surface area contributed by atoms with Crippen LogP contribution in [0.1, 0.15) is 12.8 Å². The third-order valence-electron chi connectivity index (χ3n) is 3.39. The molecule has 3 rings (SSSR count). The highest BCUT2D eigenvalue weighted by Crippen LogP contribution is 2.26. The van der Waals surface area contributed by atoms with Gasteiger partial charge in [0, 0.05) is 19.0 Å². The summed E-state index contributed by atoms with van der Waals surface area (Å²) < 4.78 is 5.76. The summed E-state index contributed by atoms with van der Waals surface area (Å²) in [5, 5.41) is 0. The van der Waals surface area contributed by atoms with E-state index >= 15 is 0 Å². The average Bonchev–Trinajstić information content (AvgIpc) is 2.82. The maximum atomic E-state index is 5.88. The summed E-state index contributed by atoms with van der Waals surface area (Å²) in [4.78, 5) is 6.72. The van der Waals surface area contributed by atoms with E-state index in [-0.39, 0.29) is 0 Å². The molecule has 2 heterocycles. The summed E-state index contributed by atoms with van der Waals surface area (Å²) in [6.07, 6.45) is 2.25. The monoisotopic (exact) mass is 250 g/mol. The average molecular weight is 251 g/mol. The lowest BCUT2D eigenvalue weighted by Gasteiger charge is -2.29. The van der Waals surface area contributed by atoms with Crippen molar-refractivity contribution in [1.82, 2.24) is 4.98 Å². The van der Waals surface area contributed by atoms with Crippen molar-refractivity contribution in [3.8, 4) is 0 Å². The van der Waals surface area contributed by atoms with E-state index in [0.717, 1.165) is 48.9 Å². The van der Waals surface area contributed by atoms with Crippen LogP contribution in [0, 0.1) is 5.92 Å². The van der Waals surface area contributed by atoms with Crippen molar-refractivity contribution < 1.29 is 4.42 Å². The van der Waals surface area contributed by atoms with E-state index in [1.165, 1.54) is 0 Å². The first kappa shape index (κ1) is 10.9. The Morgan fingerprint density at radius 2 is 2.06 bits per heavy atom. The van der Waals surface area contributed by atoms with Crippen LogP contribution in [0.25, 0.3) is 11.1 Å². The minimum Gasteiger partial charge on any atom is -0.423 e. The van der Waals surface area contributed by atoms with Crippen LogP contribution in [0.3, 0.4) is 0 Å². The van der Waals surface area contributed by atoms with Gasteiger partial charge in [0.05, 0.1) is 0 Å². The van der Waals surface area contributed by atoms with Gasteiger partial charge in [-0.1, -0.05) is 12.1 Å². The highest BCUT2D eigenvalue weighted by molar-refractivity contribution is 6.18. The number of para-hydroxylation sites is 2. The molecule has 3 nitrogen and oxygen atoms in total. The fourth-order valence-corrected chi connectivity index (χ4v) is 2.58. The maximum Gasteiger partial charge on any atom is 0.298 e. The number of benzene rings is 1. The zero-order valence-electron chi connectivity index (χ0n) is 9.60. The molecule has 0 radical (unpaired) electrons. The molecule has 17 heavy (non-hydrogen) atoms. The van der Waals surface area contributed by atoms with Crippen molar-refractivity contribution in [1.29, 1.82) is 0 Å². The molecule has 0 spiro atoms. The predicted octanol–water partition coefficient (Wildman–Crippen LogP) is 3.28. The second-order valence-electron chi connectivity index (χ2n) is 4.55. The molecule has 0 N–H and O–H groups in total. The number of alkyl halides is 1. The molecule has 0 amide bonds. The second-order valence-corrected chi connectivity index (χ2v) is 4.86. The van der Waals surface area contributed by atoms with Crippen LogP contribution in [0.2, 0.25) is 0 Å². The second kappa shape index (κ2) is 4.57. The zero-order chi connectivity index (χ0) is 11.7. The number of hydrogen-bond acceptors (Lipinski definition) is 3. The topological polar surface area (TPSA) is 29.3 Å². The number of nitrogens with zero attached hydrogens (tertiary/aromatic N) is 2. The van der Waals surface area contributed by atoms with Gasteiger partial charge in [-0.05, 0) is 30.9 Å². The summed E-state index contributed by atoms with van der Waals surface area (Å²) in [6, 6.07) is 8.63. The molecule has 1 fully saturated rings. The van der Waals surface area contributed by atoms with E-state index in [2.05, 4.69) is 9.88 Å². The lowest BCUT2D eigenvalue weighted by Crippen LogP contribution is -2.34. The highest BCUT2D eigenvalue weighted by atomic mass is 35.5. The van der Waals surface area contributed by atoms with E-state index in [0.29, 0.717) is 5.92 Å². The Kier molecular flexibility index (Phi) is 2.93. The van der Waals surface area contributed by atoms with Crippen LogP contribution < -0.4 is 4.90 Å². The molecule has 1 saturated heterocycles. The van der Waals surface area contributed by atoms with Crippen molar-refractivity contribution in [2.45, 2.75) is 12.8 Å². The summed E-state index contributed by atoms with van der Waals surface area (Å²) in [5.74, 6) is 1.42. The van der Waals surface area contributed by atoms with E-state index in [1.54, 1.807) is 0 Å². The number of halogens is 1. The molecule has 2 aromatic rings. The normalized spacial score (nSPS) is 17.8. The summed E-state index contributed by atoms with van der Waals surface area (Å²) in [5.41, 5.74) is 1.80. The van der Waals surface area contributed by atoms with Gasteiger partial charge in [-0.15, -0.1) is 11.6 Å². The minimum atomic E-state index is 0.650. The van der Waals surface area contributed by atoms with Crippen LogP contribution in [0.5, 0.6) is 0 Å². The summed E-state index contributed by atoms with van der Waals surface area (Å²) >= 11 is 5.88. The molecular formula is C13H15ClN2O. The van der Waals surface area contributed by atoms with Crippen molar-refractivity contribution in [3.05, 3.63) is 24.3 Å². The minimum absolute atomic E-state index is 0.650. The number of anilines is 1. The van der Waals surface area contributed by atoms with E-state index in [9.17, 15) is 0 Å². The number of oxazole rings is 1. The first-order valence-electron chi connectivity index (χ1n) is 6.03. The van der Waals surface area contributed by atoms with Crippen molar-refractivity contribution >= 4 is 28.7 Å². The fraction of sp³-hybridized carbons (Fsp3) is 0.462. The number of fused-ring (bicyclic) bond motifs is 1. The summed E-state index contributed by atoms with van der Waals surface area (Å²) in [7, 11) is 0. The first-order chi connectivity index (χ1) is 8.36. The highest BCUT2D eigenvalue weighted by Gasteiger charge is 2.21. The van der Waals surface area contributed by atoms with Gasteiger partial charge in [-0.3, -0.25) is 0 Å². The van der Waals surface area contributed by atoms with Crippen molar-refractivity contribution in [3.63, 3.8) is 0 Å². The Morgan fingerprint density at radius 1 is 1.29 bits per heavy atom. The molecule has 1 aromatic heterocycles. The quantitative estimate of drug-likeness (QED) is 0.766. The lowest BCUT2D eigenvalue weighted by atomic mass is 9.99. The van der Waals surface area contributed by atoms with Gasteiger partial charge in [0.15, 0.2) is 5.58 Å². The van der Waals surface area contributed by atoms with Crippen LogP contribution in [-0.4, -0.2) is 24.0 Å². The zero-order valence-corrected chi connectivity index (χ0v) is 10.4. The molecule has 0 aliphatic carbocycles. The largest absolute Gasteiger partial charge is 0.423 e. The first-order valence-corrected chi connectivity index (χ1v) is 6.57. The lowest BCUT2D eigenvalue weighted by molar-refractivity contribution is 0.421. The Labute approximate surface area is 105 Å². The SMILES string of the molecule is ClCC1CCN(c2nc3ccccc3o2)CC1. The van der Waals surface area contributed by atoms with Gasteiger partial charge in [-0.2, -0.15) is 4.98 Å². The van der Waals surface area contributed by atoms with Crippen LogP contribution in [-0.2, 0) is 0 Å². The maximum absolute atomic E-state index is 5.88. The van der Waals surface area contributed by atoms with Gasteiger partial charge < -0.3 is 9.32 Å². The van der Waals surface area contributed by atoms with Gasteiger partial charge in [0.2, 0.25) is 0 Å². The van der Waals surface area contributed by atoms with Crippen molar-refractivity contribution in [2.24, 2.45) is 5.92 Å². The van der Waals surface area contributed by atoms with E-state index < -0.39 is 0 Å². The smallest absolute Gasteiger partial charge is 0.298 e. The number of rotatable bonds is 2. The number of hydrogen-bond donors (Lipinski definition) is 0. The molecule has 4 heteroatoms. The molecule has 0 atom stereocenters. The Bertz CT molecular complexity index is 470. The fourth-order valence-electron chi connectivity index (χ4n) is 2.27. The Balaban J connectivity index is 1.80. The standard InChI is InChI=1S/C13H15ClN2O/c14-9-10-5-7-16(8-6-10)13-15-11-3-1-2-4-12(11)17-13/h1-4,10H,5-9H2. The molecule has 1 aromatic carbocycles.